The Morgan fingerprint density at radius 1 is 0.786 bits per heavy atom. The Bertz CT molecular complexity index is 454. The fourth-order valence-electron chi connectivity index (χ4n) is 6.01. The summed E-state index contributed by atoms with van der Waals surface area (Å²) < 4.78 is 6.50. The molecule has 4 fully saturated rings. The lowest BCUT2D eigenvalue weighted by molar-refractivity contribution is -0.108. The zero-order valence-corrected chi connectivity index (χ0v) is 18.8. The molecular weight excluding hydrogens is 346 g/mol. The topological polar surface area (TPSA) is 19.0 Å². The molecule has 0 aromatic heterocycles. The van der Waals surface area contributed by atoms with Crippen molar-refractivity contribution in [1.29, 1.82) is 0 Å². The predicted molar refractivity (Wildman–Crippen MR) is 117 cm³/mol. The van der Waals surface area contributed by atoms with E-state index in [1.54, 1.807) is 0 Å². The fraction of sp³-hybridized carbons (Fsp3) is 1.00. The molecule has 0 aromatic rings. The fourth-order valence-corrected chi connectivity index (χ4v) is 6.01. The summed E-state index contributed by atoms with van der Waals surface area (Å²) in [7, 11) is 2.26. The van der Waals surface area contributed by atoms with Gasteiger partial charge in [0.25, 0.3) is 0 Å². The van der Waals surface area contributed by atoms with Crippen LogP contribution in [0.1, 0.15) is 65.2 Å². The van der Waals surface area contributed by atoms with Crippen molar-refractivity contribution in [3.63, 3.8) is 0 Å². The lowest BCUT2D eigenvalue weighted by atomic mass is 9.82. The molecule has 0 radical (unpaired) electrons. The first-order valence-corrected chi connectivity index (χ1v) is 12.4. The first-order chi connectivity index (χ1) is 13.6. The van der Waals surface area contributed by atoms with Crippen molar-refractivity contribution in [3.05, 3.63) is 0 Å². The van der Waals surface area contributed by atoms with Gasteiger partial charge in [0, 0.05) is 25.7 Å². The van der Waals surface area contributed by atoms with Gasteiger partial charge in [0.15, 0.2) is 0 Å². The van der Waals surface area contributed by atoms with Crippen LogP contribution in [0.3, 0.4) is 0 Å². The van der Waals surface area contributed by atoms with E-state index in [2.05, 4.69) is 35.6 Å². The van der Waals surface area contributed by atoms with Crippen LogP contribution in [0.4, 0.5) is 0 Å². The largest absolute Gasteiger partial charge is 0.375 e. The lowest BCUT2D eigenvalue weighted by Crippen LogP contribution is -2.52. The second-order valence-electron chi connectivity index (χ2n) is 10.7. The Hall–Kier alpha value is -0.160. The smallest absolute Gasteiger partial charge is 0.0608 e. The predicted octanol–water partition coefficient (Wildman–Crippen LogP) is 3.71. The van der Waals surface area contributed by atoms with E-state index in [0.29, 0.717) is 12.2 Å². The number of nitrogens with zero attached hydrogens (tertiary/aromatic N) is 3. The Morgan fingerprint density at radius 3 is 2.04 bits per heavy atom. The third-order valence-electron chi connectivity index (χ3n) is 8.38. The van der Waals surface area contributed by atoms with Crippen molar-refractivity contribution in [2.75, 3.05) is 52.9 Å². The third kappa shape index (κ3) is 5.50. The van der Waals surface area contributed by atoms with Crippen LogP contribution in [0.5, 0.6) is 0 Å². The molecule has 1 saturated carbocycles. The Morgan fingerprint density at radius 2 is 1.43 bits per heavy atom. The van der Waals surface area contributed by atoms with Crippen molar-refractivity contribution in [3.8, 4) is 0 Å². The van der Waals surface area contributed by atoms with Crippen molar-refractivity contribution < 1.29 is 4.74 Å². The van der Waals surface area contributed by atoms with Crippen LogP contribution in [0.2, 0.25) is 0 Å². The van der Waals surface area contributed by atoms with Crippen LogP contribution < -0.4 is 0 Å². The molecule has 162 valence electrons. The van der Waals surface area contributed by atoms with Gasteiger partial charge in [-0.3, -0.25) is 0 Å². The quantitative estimate of drug-likeness (QED) is 0.687. The van der Waals surface area contributed by atoms with E-state index < -0.39 is 0 Å². The Kier molecular flexibility index (Phi) is 7.35. The van der Waals surface area contributed by atoms with Gasteiger partial charge in [-0.25, -0.2) is 0 Å². The number of rotatable bonds is 6. The van der Waals surface area contributed by atoms with E-state index >= 15 is 0 Å². The molecule has 3 saturated heterocycles. The van der Waals surface area contributed by atoms with E-state index in [1.165, 1.54) is 97.2 Å². The average Bonchev–Trinajstić information content (AvgIpc) is 2.67. The maximum absolute atomic E-state index is 6.50. The van der Waals surface area contributed by atoms with Gasteiger partial charge in [-0.1, -0.05) is 13.8 Å². The monoisotopic (exact) mass is 391 g/mol. The molecule has 3 aliphatic heterocycles. The lowest BCUT2D eigenvalue weighted by Gasteiger charge is -2.47. The van der Waals surface area contributed by atoms with Crippen LogP contribution >= 0.6 is 0 Å². The summed E-state index contributed by atoms with van der Waals surface area (Å²) in [5, 5.41) is 0. The van der Waals surface area contributed by atoms with Crippen LogP contribution in [0, 0.1) is 17.8 Å². The summed E-state index contributed by atoms with van der Waals surface area (Å²) >= 11 is 0. The molecule has 28 heavy (non-hydrogen) atoms. The molecule has 0 spiro atoms. The molecule has 4 aliphatic rings. The van der Waals surface area contributed by atoms with Crippen LogP contribution in [-0.4, -0.2) is 85.8 Å². The molecular formula is C24H45N3O. The van der Waals surface area contributed by atoms with E-state index in [0.717, 1.165) is 23.8 Å². The van der Waals surface area contributed by atoms with Crippen molar-refractivity contribution in [1.82, 2.24) is 14.7 Å². The summed E-state index contributed by atoms with van der Waals surface area (Å²) in [4.78, 5) is 7.97. The highest BCUT2D eigenvalue weighted by atomic mass is 16.5. The van der Waals surface area contributed by atoms with Crippen LogP contribution in [-0.2, 0) is 4.74 Å². The number of piperidine rings is 3. The molecule has 1 aliphatic carbocycles. The van der Waals surface area contributed by atoms with Gasteiger partial charge in [-0.15, -0.1) is 0 Å². The summed E-state index contributed by atoms with van der Waals surface area (Å²) in [6.07, 6.45) is 11.8. The first kappa shape index (κ1) is 21.1. The number of hydrogen-bond donors (Lipinski definition) is 0. The maximum atomic E-state index is 6.50. The standard InChI is InChI=1S/C24H45N3O/c1-19(2)21-6-14-27(15-7-21)22-16-24(17-22)28-23-8-12-26(13-9-23)18-20-4-10-25(3)11-5-20/h19-24H,4-18H2,1-3H3/t22-,24-. The minimum atomic E-state index is 0.534. The van der Waals surface area contributed by atoms with Gasteiger partial charge in [0.2, 0.25) is 0 Å². The van der Waals surface area contributed by atoms with Crippen molar-refractivity contribution in [2.24, 2.45) is 17.8 Å². The SMILES string of the molecule is CC(C)C1CCN([C@H]2C[C@H](OC3CCN(CC4CCN(C)CC4)CC3)C2)CC1. The molecule has 0 amide bonds. The molecule has 0 unspecified atom stereocenters. The van der Waals surface area contributed by atoms with E-state index in [-0.39, 0.29) is 0 Å². The molecule has 0 atom stereocenters. The van der Waals surface area contributed by atoms with Crippen molar-refractivity contribution >= 4 is 0 Å². The third-order valence-corrected chi connectivity index (χ3v) is 8.38. The van der Waals surface area contributed by atoms with Crippen LogP contribution in [0.25, 0.3) is 0 Å². The number of hydrogen-bond acceptors (Lipinski definition) is 4. The summed E-state index contributed by atoms with van der Waals surface area (Å²) in [5.41, 5.74) is 0. The molecule has 3 heterocycles. The second-order valence-corrected chi connectivity index (χ2v) is 10.7. The number of ether oxygens (including phenoxy) is 1. The van der Waals surface area contributed by atoms with Crippen LogP contribution in [0.15, 0.2) is 0 Å². The Balaban J connectivity index is 1.08. The first-order valence-electron chi connectivity index (χ1n) is 12.4. The molecule has 0 N–H and O–H groups in total. The number of likely N-dealkylation sites (tertiary alicyclic amines) is 3. The summed E-state index contributed by atoms with van der Waals surface area (Å²) in [6.45, 7) is 13.9. The van der Waals surface area contributed by atoms with Gasteiger partial charge in [-0.05, 0) is 102 Å². The van der Waals surface area contributed by atoms with E-state index in [1.807, 2.05) is 0 Å². The minimum Gasteiger partial charge on any atom is -0.375 e. The summed E-state index contributed by atoms with van der Waals surface area (Å²) in [5.74, 6) is 2.76. The normalized spacial score (nSPS) is 33.4. The molecule has 4 heteroatoms. The minimum absolute atomic E-state index is 0.534. The average molecular weight is 392 g/mol. The van der Waals surface area contributed by atoms with Gasteiger partial charge in [-0.2, -0.15) is 0 Å². The van der Waals surface area contributed by atoms with E-state index in [4.69, 9.17) is 4.74 Å². The van der Waals surface area contributed by atoms with Gasteiger partial charge in [0.1, 0.15) is 0 Å². The van der Waals surface area contributed by atoms with Gasteiger partial charge in [0.05, 0.1) is 12.2 Å². The van der Waals surface area contributed by atoms with E-state index in [9.17, 15) is 0 Å². The highest BCUT2D eigenvalue weighted by Gasteiger charge is 2.38. The van der Waals surface area contributed by atoms with Gasteiger partial charge >= 0.3 is 0 Å². The highest BCUT2D eigenvalue weighted by molar-refractivity contribution is 4.91. The highest BCUT2D eigenvalue weighted by Crippen LogP contribution is 2.34. The second kappa shape index (κ2) is 9.76. The zero-order chi connectivity index (χ0) is 19.5. The van der Waals surface area contributed by atoms with Gasteiger partial charge < -0.3 is 19.4 Å². The van der Waals surface area contributed by atoms with Crippen molar-refractivity contribution in [2.45, 2.75) is 83.5 Å². The maximum Gasteiger partial charge on any atom is 0.0608 e. The molecule has 4 rings (SSSR count). The molecule has 4 nitrogen and oxygen atoms in total. The summed E-state index contributed by atoms with van der Waals surface area (Å²) in [6, 6.07) is 0.822. The zero-order valence-electron chi connectivity index (χ0n) is 18.8. The molecule has 0 bridgehead atoms. The molecule has 0 aromatic carbocycles. The Labute approximate surface area is 174 Å².